The van der Waals surface area contributed by atoms with Crippen molar-refractivity contribution in [2.75, 3.05) is 6.61 Å². The number of ether oxygens (including phenoxy) is 1. The monoisotopic (exact) mass is 379 g/mol. The first kappa shape index (κ1) is 18.9. The van der Waals surface area contributed by atoms with Gasteiger partial charge in [0.15, 0.2) is 0 Å². The van der Waals surface area contributed by atoms with E-state index in [9.17, 15) is 4.79 Å². The molecule has 0 spiro atoms. The SMILES string of the molecule is N=c1n(CCOc2ccc(Cl)cc2)c2ccccc2n1CC(N)=O.[Cl-]. The van der Waals surface area contributed by atoms with Gasteiger partial charge in [0, 0.05) is 5.02 Å². The third kappa shape index (κ3) is 4.15. The fourth-order valence-electron chi connectivity index (χ4n) is 2.62. The van der Waals surface area contributed by atoms with Crippen molar-refractivity contribution in [3.05, 3.63) is 59.2 Å². The molecule has 0 fully saturated rings. The van der Waals surface area contributed by atoms with Crippen molar-refractivity contribution in [3.63, 3.8) is 0 Å². The highest BCUT2D eigenvalue weighted by Gasteiger charge is 2.11. The summed E-state index contributed by atoms with van der Waals surface area (Å²) in [6.45, 7) is 0.848. The predicted molar refractivity (Wildman–Crippen MR) is 91.9 cm³/mol. The van der Waals surface area contributed by atoms with Crippen LogP contribution in [0.15, 0.2) is 48.5 Å². The summed E-state index contributed by atoms with van der Waals surface area (Å²) in [5, 5.41) is 8.98. The molecule has 0 aliphatic carbocycles. The van der Waals surface area contributed by atoms with E-state index >= 15 is 0 Å². The standard InChI is InChI=1S/C17H17ClN4O2.ClH/c18-12-5-7-13(8-6-12)24-10-9-21-14-3-1-2-4-15(14)22(17(21)20)11-16(19)23;/h1-8,20H,9-11H2,(H2,19,23);1H/p-1. The molecule has 0 aliphatic heterocycles. The van der Waals surface area contributed by atoms with Crippen LogP contribution in [0, 0.1) is 5.41 Å². The van der Waals surface area contributed by atoms with Gasteiger partial charge < -0.3 is 32.0 Å². The second-order valence-electron chi connectivity index (χ2n) is 5.32. The highest BCUT2D eigenvalue weighted by molar-refractivity contribution is 6.30. The van der Waals surface area contributed by atoms with E-state index in [1.807, 2.05) is 24.3 Å². The Morgan fingerprint density at radius 2 is 1.68 bits per heavy atom. The summed E-state index contributed by atoms with van der Waals surface area (Å²) in [7, 11) is 0. The average Bonchev–Trinajstić information content (AvgIpc) is 2.82. The number of rotatable bonds is 6. The summed E-state index contributed by atoms with van der Waals surface area (Å²) in [6.07, 6.45) is 0. The molecule has 25 heavy (non-hydrogen) atoms. The largest absolute Gasteiger partial charge is 1.00 e. The minimum absolute atomic E-state index is 0. The Morgan fingerprint density at radius 1 is 1.08 bits per heavy atom. The van der Waals surface area contributed by atoms with E-state index in [1.54, 1.807) is 33.4 Å². The summed E-state index contributed by atoms with van der Waals surface area (Å²) < 4.78 is 9.09. The number of hydrogen-bond donors (Lipinski definition) is 2. The first-order valence-electron chi connectivity index (χ1n) is 7.45. The molecule has 0 saturated carbocycles. The maximum atomic E-state index is 11.3. The zero-order valence-electron chi connectivity index (χ0n) is 13.3. The number of nitrogens with two attached hydrogens (primary N) is 1. The number of fused-ring (bicyclic) bond motifs is 1. The van der Waals surface area contributed by atoms with Crippen LogP contribution in [0.5, 0.6) is 5.75 Å². The summed E-state index contributed by atoms with van der Waals surface area (Å²) >= 11 is 5.85. The van der Waals surface area contributed by atoms with Gasteiger partial charge in [-0.25, -0.2) is 0 Å². The quantitative estimate of drug-likeness (QED) is 0.584. The molecule has 2 aromatic carbocycles. The second-order valence-corrected chi connectivity index (χ2v) is 5.76. The zero-order chi connectivity index (χ0) is 17.1. The summed E-state index contributed by atoms with van der Waals surface area (Å²) in [6, 6.07) is 14.7. The number of nitrogens with zero attached hydrogens (tertiary/aromatic N) is 2. The van der Waals surface area contributed by atoms with Gasteiger partial charge in [-0.05, 0) is 36.4 Å². The first-order valence-corrected chi connectivity index (χ1v) is 7.83. The maximum absolute atomic E-state index is 11.3. The van der Waals surface area contributed by atoms with Gasteiger partial charge >= 0.3 is 0 Å². The molecule has 6 nitrogen and oxygen atoms in total. The fourth-order valence-corrected chi connectivity index (χ4v) is 2.75. The summed E-state index contributed by atoms with van der Waals surface area (Å²) in [5.41, 5.74) is 7.17. The van der Waals surface area contributed by atoms with Crippen LogP contribution in [0.3, 0.4) is 0 Å². The Kier molecular flexibility index (Phi) is 6.12. The number of benzene rings is 2. The minimum atomic E-state index is -0.478. The van der Waals surface area contributed by atoms with Crippen LogP contribution in [0.4, 0.5) is 0 Å². The van der Waals surface area contributed by atoms with Crippen LogP contribution in [-0.4, -0.2) is 21.6 Å². The number of para-hydroxylation sites is 2. The van der Waals surface area contributed by atoms with E-state index in [2.05, 4.69) is 0 Å². The zero-order valence-corrected chi connectivity index (χ0v) is 14.8. The minimum Gasteiger partial charge on any atom is -1.00 e. The number of nitrogens with one attached hydrogen (secondary N) is 1. The number of carbonyl (C=O) groups excluding carboxylic acids is 1. The number of aromatic nitrogens is 2. The molecular formula is C17H17Cl2N4O2-. The van der Waals surface area contributed by atoms with Crippen molar-refractivity contribution >= 4 is 28.5 Å². The third-order valence-electron chi connectivity index (χ3n) is 3.69. The average molecular weight is 380 g/mol. The first-order chi connectivity index (χ1) is 11.6. The Morgan fingerprint density at radius 3 is 2.28 bits per heavy atom. The van der Waals surface area contributed by atoms with Crippen molar-refractivity contribution in [1.29, 1.82) is 5.41 Å². The van der Waals surface area contributed by atoms with Crippen LogP contribution in [0.2, 0.25) is 5.02 Å². The lowest BCUT2D eigenvalue weighted by molar-refractivity contribution is -0.118. The Hall–Kier alpha value is -2.44. The van der Waals surface area contributed by atoms with Crippen molar-refractivity contribution < 1.29 is 21.9 Å². The van der Waals surface area contributed by atoms with Crippen molar-refractivity contribution in [3.8, 4) is 5.75 Å². The highest BCUT2D eigenvalue weighted by Crippen LogP contribution is 2.16. The molecule has 3 rings (SSSR count). The number of amides is 1. The van der Waals surface area contributed by atoms with Gasteiger partial charge in [-0.15, -0.1) is 0 Å². The number of carbonyl (C=O) groups is 1. The molecule has 0 saturated heterocycles. The molecule has 0 atom stereocenters. The molecule has 132 valence electrons. The maximum Gasteiger partial charge on any atom is 0.237 e. The van der Waals surface area contributed by atoms with E-state index in [4.69, 9.17) is 27.5 Å². The molecule has 3 N–H and O–H groups in total. The van der Waals surface area contributed by atoms with Gasteiger partial charge in [0.1, 0.15) is 18.9 Å². The molecule has 0 bridgehead atoms. The molecule has 1 aromatic heterocycles. The summed E-state index contributed by atoms with van der Waals surface area (Å²) in [4.78, 5) is 11.3. The van der Waals surface area contributed by atoms with Gasteiger partial charge in [0.25, 0.3) is 0 Å². The predicted octanol–water partition coefficient (Wildman–Crippen LogP) is -0.856. The molecule has 1 amide bonds. The molecule has 0 aliphatic rings. The van der Waals surface area contributed by atoms with Gasteiger partial charge in [-0.3, -0.25) is 10.2 Å². The van der Waals surface area contributed by atoms with E-state index in [1.165, 1.54) is 0 Å². The summed E-state index contributed by atoms with van der Waals surface area (Å²) in [5.74, 6) is 0.237. The van der Waals surface area contributed by atoms with Gasteiger partial charge in [-0.2, -0.15) is 0 Å². The fraction of sp³-hybridized carbons (Fsp3) is 0.176. The van der Waals surface area contributed by atoms with Crippen molar-refractivity contribution in [2.24, 2.45) is 5.73 Å². The Labute approximate surface area is 155 Å². The molecule has 8 heteroatoms. The van der Waals surface area contributed by atoms with E-state index < -0.39 is 5.91 Å². The lowest BCUT2D eigenvalue weighted by Crippen LogP contribution is -3.00. The number of hydrogen-bond acceptors (Lipinski definition) is 3. The van der Waals surface area contributed by atoms with E-state index in [0.717, 1.165) is 11.0 Å². The molecule has 1 heterocycles. The smallest absolute Gasteiger partial charge is 0.237 e. The number of imidazole rings is 1. The number of primary amides is 1. The molecule has 0 radical (unpaired) electrons. The van der Waals surface area contributed by atoms with Gasteiger partial charge in [0.2, 0.25) is 11.5 Å². The molecular weight excluding hydrogens is 363 g/mol. The topological polar surface area (TPSA) is 86.0 Å². The van der Waals surface area contributed by atoms with Crippen molar-refractivity contribution in [1.82, 2.24) is 9.13 Å². The van der Waals surface area contributed by atoms with Crippen LogP contribution < -0.4 is 28.5 Å². The van der Waals surface area contributed by atoms with E-state index in [-0.39, 0.29) is 24.6 Å². The van der Waals surface area contributed by atoms with Crippen LogP contribution in [0.25, 0.3) is 11.0 Å². The van der Waals surface area contributed by atoms with Crippen molar-refractivity contribution in [2.45, 2.75) is 13.1 Å². The lowest BCUT2D eigenvalue weighted by Gasteiger charge is -2.08. The van der Waals surface area contributed by atoms with Gasteiger partial charge in [-0.1, -0.05) is 23.7 Å². The Balaban J connectivity index is 0.00000225. The van der Waals surface area contributed by atoms with Crippen LogP contribution in [0.1, 0.15) is 0 Å². The van der Waals surface area contributed by atoms with Gasteiger partial charge in [0.05, 0.1) is 17.6 Å². The lowest BCUT2D eigenvalue weighted by atomic mass is 10.3. The highest BCUT2D eigenvalue weighted by atomic mass is 35.5. The van der Waals surface area contributed by atoms with Crippen LogP contribution in [-0.2, 0) is 17.9 Å². The van der Waals surface area contributed by atoms with Crippen LogP contribution >= 0.6 is 11.6 Å². The third-order valence-corrected chi connectivity index (χ3v) is 3.94. The number of halogens is 2. The normalized spacial score (nSPS) is 10.4. The molecule has 3 aromatic rings. The Bertz CT molecular complexity index is 932. The molecule has 0 unspecified atom stereocenters. The van der Waals surface area contributed by atoms with E-state index in [0.29, 0.717) is 23.9 Å². The second kappa shape index (κ2) is 8.09.